The molecule has 1 aliphatic carbocycles. The SMILES string of the molecule is CS(=O)(=O)OCC1(c2cccc(Br)c2)CC(F)(F)C1. The topological polar surface area (TPSA) is 43.4 Å². The Morgan fingerprint density at radius 2 is 2.00 bits per heavy atom. The van der Waals surface area contributed by atoms with Crippen molar-refractivity contribution >= 4 is 26.0 Å². The molecule has 0 aliphatic heterocycles. The summed E-state index contributed by atoms with van der Waals surface area (Å²) < 4.78 is 54.1. The van der Waals surface area contributed by atoms with Crippen LogP contribution >= 0.6 is 15.9 Å². The van der Waals surface area contributed by atoms with Gasteiger partial charge in [0.15, 0.2) is 0 Å². The highest BCUT2D eigenvalue weighted by molar-refractivity contribution is 9.10. The first-order valence-corrected chi connectivity index (χ1v) is 8.21. The van der Waals surface area contributed by atoms with Crippen LogP contribution in [0.5, 0.6) is 0 Å². The van der Waals surface area contributed by atoms with Crippen molar-refractivity contribution in [3.63, 3.8) is 0 Å². The molecule has 19 heavy (non-hydrogen) atoms. The summed E-state index contributed by atoms with van der Waals surface area (Å²) in [5.74, 6) is -2.76. The van der Waals surface area contributed by atoms with Crippen LogP contribution in [0, 0.1) is 0 Å². The first-order valence-electron chi connectivity index (χ1n) is 5.60. The second-order valence-corrected chi connectivity index (χ2v) is 7.53. The summed E-state index contributed by atoms with van der Waals surface area (Å²) in [6.45, 7) is -0.252. The quantitative estimate of drug-likeness (QED) is 0.780. The number of hydrogen-bond acceptors (Lipinski definition) is 3. The van der Waals surface area contributed by atoms with Crippen molar-refractivity contribution in [2.75, 3.05) is 12.9 Å². The molecule has 1 aromatic rings. The Morgan fingerprint density at radius 1 is 1.37 bits per heavy atom. The van der Waals surface area contributed by atoms with Crippen molar-refractivity contribution in [1.82, 2.24) is 0 Å². The highest BCUT2D eigenvalue weighted by Gasteiger charge is 2.57. The van der Waals surface area contributed by atoms with Crippen molar-refractivity contribution in [3.8, 4) is 0 Å². The number of halogens is 3. The maximum Gasteiger partial charge on any atom is 0.264 e. The predicted octanol–water partition coefficient (Wildman–Crippen LogP) is 3.09. The molecule has 0 bridgehead atoms. The van der Waals surface area contributed by atoms with Gasteiger partial charge in [-0.3, -0.25) is 4.18 Å². The van der Waals surface area contributed by atoms with E-state index in [1.165, 1.54) is 0 Å². The molecule has 0 amide bonds. The standard InChI is InChI=1S/C12H13BrF2O3S/c1-19(16,17)18-8-11(6-12(14,15)7-11)9-3-2-4-10(13)5-9/h2-5H,6-8H2,1H3. The van der Waals surface area contributed by atoms with Crippen LogP contribution in [0.15, 0.2) is 28.7 Å². The molecule has 3 nitrogen and oxygen atoms in total. The lowest BCUT2D eigenvalue weighted by molar-refractivity contribution is -0.136. The van der Waals surface area contributed by atoms with Gasteiger partial charge >= 0.3 is 0 Å². The minimum Gasteiger partial charge on any atom is -0.269 e. The minimum absolute atomic E-state index is 0.252. The zero-order valence-corrected chi connectivity index (χ0v) is 12.6. The second-order valence-electron chi connectivity index (χ2n) is 4.97. The molecule has 0 saturated heterocycles. The molecule has 2 rings (SSSR count). The summed E-state index contributed by atoms with van der Waals surface area (Å²) in [6, 6.07) is 6.95. The summed E-state index contributed by atoms with van der Waals surface area (Å²) in [5, 5.41) is 0. The number of hydrogen-bond donors (Lipinski definition) is 0. The third kappa shape index (κ3) is 3.52. The molecule has 0 radical (unpaired) electrons. The van der Waals surface area contributed by atoms with Crippen LogP contribution in [0.3, 0.4) is 0 Å². The highest BCUT2D eigenvalue weighted by atomic mass is 79.9. The monoisotopic (exact) mass is 354 g/mol. The maximum atomic E-state index is 13.2. The molecule has 0 unspecified atom stereocenters. The van der Waals surface area contributed by atoms with Gasteiger partial charge in [0, 0.05) is 22.7 Å². The smallest absolute Gasteiger partial charge is 0.264 e. The fourth-order valence-electron chi connectivity index (χ4n) is 2.37. The lowest BCUT2D eigenvalue weighted by Gasteiger charge is -2.47. The van der Waals surface area contributed by atoms with E-state index >= 15 is 0 Å². The predicted molar refractivity (Wildman–Crippen MR) is 70.8 cm³/mol. The van der Waals surface area contributed by atoms with Gasteiger partial charge < -0.3 is 0 Å². The van der Waals surface area contributed by atoms with E-state index in [4.69, 9.17) is 4.18 Å². The third-order valence-electron chi connectivity index (χ3n) is 3.18. The van der Waals surface area contributed by atoms with Crippen LogP contribution < -0.4 is 0 Å². The third-order valence-corrected chi connectivity index (χ3v) is 4.22. The summed E-state index contributed by atoms with van der Waals surface area (Å²) in [4.78, 5) is 0. The maximum absolute atomic E-state index is 13.2. The van der Waals surface area contributed by atoms with E-state index in [1.54, 1.807) is 24.3 Å². The van der Waals surface area contributed by atoms with E-state index < -0.39 is 34.3 Å². The van der Waals surface area contributed by atoms with Gasteiger partial charge in [-0.25, -0.2) is 8.78 Å². The molecule has 1 aliphatic rings. The van der Waals surface area contributed by atoms with Crippen LogP contribution in [0.4, 0.5) is 8.78 Å². The van der Waals surface area contributed by atoms with E-state index in [9.17, 15) is 17.2 Å². The molecule has 106 valence electrons. The van der Waals surface area contributed by atoms with E-state index in [0.29, 0.717) is 5.56 Å². The first kappa shape index (κ1) is 14.9. The lowest BCUT2D eigenvalue weighted by atomic mass is 9.62. The van der Waals surface area contributed by atoms with Crippen LogP contribution in [0.2, 0.25) is 0 Å². The molecule has 0 atom stereocenters. The van der Waals surface area contributed by atoms with E-state index in [1.807, 2.05) is 0 Å². The van der Waals surface area contributed by atoms with Gasteiger partial charge in [0.2, 0.25) is 5.92 Å². The van der Waals surface area contributed by atoms with Gasteiger partial charge in [-0.15, -0.1) is 0 Å². The molecule has 0 aromatic heterocycles. The van der Waals surface area contributed by atoms with Gasteiger partial charge in [-0.05, 0) is 17.7 Å². The molecule has 7 heteroatoms. The lowest BCUT2D eigenvalue weighted by Crippen LogP contribution is -2.52. The van der Waals surface area contributed by atoms with Gasteiger partial charge in [-0.1, -0.05) is 28.1 Å². The Bertz CT molecular complexity index is 578. The van der Waals surface area contributed by atoms with Crippen LogP contribution in [-0.2, 0) is 19.7 Å². The largest absolute Gasteiger partial charge is 0.269 e. The molecule has 0 heterocycles. The average molecular weight is 355 g/mol. The first-order chi connectivity index (χ1) is 8.62. The molecule has 1 saturated carbocycles. The van der Waals surface area contributed by atoms with Crippen molar-refractivity contribution in [2.45, 2.75) is 24.2 Å². The zero-order valence-electron chi connectivity index (χ0n) is 10.2. The Hall–Kier alpha value is -0.530. The Morgan fingerprint density at radius 3 is 2.47 bits per heavy atom. The van der Waals surface area contributed by atoms with E-state index in [-0.39, 0.29) is 6.61 Å². The molecule has 1 aromatic carbocycles. The van der Waals surface area contributed by atoms with Crippen molar-refractivity contribution in [1.29, 1.82) is 0 Å². The Balaban J connectivity index is 2.27. The van der Waals surface area contributed by atoms with Gasteiger partial charge in [-0.2, -0.15) is 8.42 Å². The summed E-state index contributed by atoms with van der Waals surface area (Å²) in [6.07, 6.45) is 0.121. The summed E-state index contributed by atoms with van der Waals surface area (Å²) >= 11 is 3.28. The number of benzene rings is 1. The molecular weight excluding hydrogens is 342 g/mol. The Labute approximate surface area is 119 Å². The second kappa shape index (κ2) is 4.79. The summed E-state index contributed by atoms with van der Waals surface area (Å²) in [5.41, 5.74) is -0.271. The Kier molecular flexibility index (Phi) is 3.75. The van der Waals surface area contributed by atoms with Crippen molar-refractivity contribution in [3.05, 3.63) is 34.3 Å². The zero-order chi connectivity index (χ0) is 14.3. The summed E-state index contributed by atoms with van der Waals surface area (Å²) in [7, 11) is -3.65. The fourth-order valence-corrected chi connectivity index (χ4v) is 3.20. The number of alkyl halides is 2. The van der Waals surface area contributed by atoms with Crippen LogP contribution in [-0.4, -0.2) is 27.2 Å². The molecule has 1 fully saturated rings. The highest BCUT2D eigenvalue weighted by Crippen LogP contribution is 2.53. The van der Waals surface area contributed by atoms with Gasteiger partial charge in [0.1, 0.15) is 0 Å². The van der Waals surface area contributed by atoms with Crippen LogP contribution in [0.1, 0.15) is 18.4 Å². The van der Waals surface area contributed by atoms with Gasteiger partial charge in [0.05, 0.1) is 12.9 Å². The minimum atomic E-state index is -3.65. The van der Waals surface area contributed by atoms with Crippen LogP contribution in [0.25, 0.3) is 0 Å². The van der Waals surface area contributed by atoms with E-state index in [0.717, 1.165) is 10.7 Å². The molecule has 0 N–H and O–H groups in total. The normalized spacial score (nSPS) is 20.8. The average Bonchev–Trinajstić information content (AvgIpc) is 2.22. The fraction of sp³-hybridized carbons (Fsp3) is 0.500. The van der Waals surface area contributed by atoms with Crippen molar-refractivity contribution < 1.29 is 21.4 Å². The van der Waals surface area contributed by atoms with Gasteiger partial charge in [0.25, 0.3) is 10.1 Å². The molecular formula is C12H13BrF2O3S. The number of rotatable bonds is 4. The molecule has 0 spiro atoms. The van der Waals surface area contributed by atoms with Crippen molar-refractivity contribution in [2.24, 2.45) is 0 Å². The van der Waals surface area contributed by atoms with E-state index in [2.05, 4.69) is 15.9 Å².